The monoisotopic (exact) mass is 325 g/mol. The molecule has 5 nitrogen and oxygen atoms in total. The fraction of sp³-hybridized carbons (Fsp3) is 0.944. The summed E-state index contributed by atoms with van der Waals surface area (Å²) in [5.74, 6) is 0.955. The van der Waals surface area contributed by atoms with Crippen LogP contribution in [0, 0.1) is 0 Å². The first-order valence-electron chi connectivity index (χ1n) is 9.51. The van der Waals surface area contributed by atoms with Crippen LogP contribution in [0.5, 0.6) is 0 Å². The van der Waals surface area contributed by atoms with Crippen molar-refractivity contribution in [2.75, 3.05) is 46.3 Å². The average molecular weight is 326 g/mol. The van der Waals surface area contributed by atoms with Gasteiger partial charge in [0.1, 0.15) is 0 Å². The third-order valence-electron chi connectivity index (χ3n) is 4.80. The van der Waals surface area contributed by atoms with E-state index in [4.69, 9.17) is 4.99 Å². The maximum atomic E-state index is 4.71. The van der Waals surface area contributed by atoms with Crippen LogP contribution in [-0.4, -0.2) is 74.2 Å². The fourth-order valence-corrected chi connectivity index (χ4v) is 2.91. The van der Waals surface area contributed by atoms with E-state index < -0.39 is 0 Å². The van der Waals surface area contributed by atoms with Gasteiger partial charge in [-0.15, -0.1) is 0 Å². The van der Waals surface area contributed by atoms with E-state index in [0.29, 0.717) is 6.04 Å². The van der Waals surface area contributed by atoms with Gasteiger partial charge >= 0.3 is 0 Å². The molecule has 0 saturated carbocycles. The highest BCUT2D eigenvalue weighted by atomic mass is 15.2. The van der Waals surface area contributed by atoms with Crippen LogP contribution in [0.15, 0.2) is 4.99 Å². The molecule has 0 spiro atoms. The number of hydrogen-bond acceptors (Lipinski definition) is 3. The summed E-state index contributed by atoms with van der Waals surface area (Å²) in [6.45, 7) is 15.2. The normalized spacial score (nSPS) is 20.3. The van der Waals surface area contributed by atoms with Crippen molar-refractivity contribution in [3.8, 4) is 0 Å². The van der Waals surface area contributed by atoms with Crippen molar-refractivity contribution in [3.05, 3.63) is 0 Å². The molecule has 1 saturated heterocycles. The SMILES string of the molecule is CCNC(=NCCCN1CCCCC1C)NCCN(C)C(C)C. The van der Waals surface area contributed by atoms with Crippen molar-refractivity contribution >= 4 is 5.96 Å². The van der Waals surface area contributed by atoms with Crippen molar-refractivity contribution in [1.29, 1.82) is 0 Å². The van der Waals surface area contributed by atoms with Gasteiger partial charge in [-0.3, -0.25) is 4.99 Å². The molecule has 0 amide bonds. The van der Waals surface area contributed by atoms with Crippen LogP contribution < -0.4 is 10.6 Å². The Morgan fingerprint density at radius 2 is 2.09 bits per heavy atom. The lowest BCUT2D eigenvalue weighted by atomic mass is 10.0. The summed E-state index contributed by atoms with van der Waals surface area (Å²) in [5, 5.41) is 6.78. The molecule has 2 N–H and O–H groups in total. The zero-order valence-electron chi connectivity index (χ0n) is 16.1. The van der Waals surface area contributed by atoms with Gasteiger partial charge in [0.05, 0.1) is 0 Å². The molecule has 0 aromatic carbocycles. The summed E-state index contributed by atoms with van der Waals surface area (Å²) < 4.78 is 0. The second-order valence-electron chi connectivity index (χ2n) is 7.00. The van der Waals surface area contributed by atoms with Crippen molar-refractivity contribution < 1.29 is 0 Å². The predicted octanol–water partition coefficient (Wildman–Crippen LogP) is 2.15. The average Bonchev–Trinajstić information content (AvgIpc) is 2.52. The molecule has 1 unspecified atom stereocenters. The zero-order valence-corrected chi connectivity index (χ0v) is 16.1. The topological polar surface area (TPSA) is 42.9 Å². The molecule has 1 atom stereocenters. The second-order valence-corrected chi connectivity index (χ2v) is 7.00. The van der Waals surface area contributed by atoms with Gasteiger partial charge in [0.25, 0.3) is 0 Å². The quantitative estimate of drug-likeness (QED) is 0.387. The van der Waals surface area contributed by atoms with E-state index in [9.17, 15) is 0 Å². The number of nitrogens with zero attached hydrogens (tertiary/aromatic N) is 3. The second kappa shape index (κ2) is 11.7. The van der Waals surface area contributed by atoms with E-state index in [1.807, 2.05) is 0 Å². The molecule has 0 aromatic rings. The van der Waals surface area contributed by atoms with E-state index in [0.717, 1.165) is 44.6 Å². The van der Waals surface area contributed by atoms with E-state index in [-0.39, 0.29) is 0 Å². The Balaban J connectivity index is 2.25. The molecule has 1 fully saturated rings. The van der Waals surface area contributed by atoms with Crippen LogP contribution in [0.4, 0.5) is 0 Å². The molecule has 0 radical (unpaired) electrons. The van der Waals surface area contributed by atoms with Crippen LogP contribution in [-0.2, 0) is 0 Å². The highest BCUT2D eigenvalue weighted by Gasteiger charge is 2.16. The van der Waals surface area contributed by atoms with Crippen LogP contribution in [0.1, 0.15) is 53.4 Å². The Morgan fingerprint density at radius 3 is 2.74 bits per heavy atom. The first kappa shape index (κ1) is 20.2. The number of hydrogen-bond donors (Lipinski definition) is 2. The lowest BCUT2D eigenvalue weighted by Gasteiger charge is -2.33. The number of rotatable bonds is 9. The summed E-state index contributed by atoms with van der Waals surface area (Å²) in [4.78, 5) is 9.68. The Bertz CT molecular complexity index is 329. The smallest absolute Gasteiger partial charge is 0.191 e. The molecule has 1 aliphatic heterocycles. The third-order valence-corrected chi connectivity index (χ3v) is 4.80. The Kier molecular flexibility index (Phi) is 10.3. The Morgan fingerprint density at radius 1 is 1.30 bits per heavy atom. The molecule has 0 aliphatic carbocycles. The standard InChI is InChI=1S/C18H39N5/c1-6-19-18(21-12-15-22(5)16(2)3)20-11-9-14-23-13-8-7-10-17(23)4/h16-17H,6-15H2,1-5H3,(H2,19,20,21). The number of likely N-dealkylation sites (tertiary alicyclic amines) is 1. The van der Waals surface area contributed by atoms with Gasteiger partial charge in [-0.05, 0) is 60.5 Å². The van der Waals surface area contributed by atoms with Crippen molar-refractivity contribution in [1.82, 2.24) is 20.4 Å². The van der Waals surface area contributed by atoms with Gasteiger partial charge < -0.3 is 20.4 Å². The molecular formula is C18H39N5. The van der Waals surface area contributed by atoms with Crippen LogP contribution in [0.3, 0.4) is 0 Å². The van der Waals surface area contributed by atoms with Crippen molar-refractivity contribution in [2.45, 2.75) is 65.5 Å². The third kappa shape index (κ3) is 8.56. The molecule has 136 valence electrons. The molecule has 0 aromatic heterocycles. The molecule has 1 rings (SSSR count). The summed E-state index contributed by atoms with van der Waals surface area (Å²) in [6.07, 6.45) is 5.26. The molecular weight excluding hydrogens is 286 g/mol. The minimum Gasteiger partial charge on any atom is -0.357 e. The summed E-state index contributed by atoms with van der Waals surface area (Å²) in [7, 11) is 2.16. The number of guanidine groups is 1. The molecule has 0 bridgehead atoms. The molecule has 1 aliphatic rings. The maximum Gasteiger partial charge on any atom is 0.191 e. The Labute approximate surface area is 143 Å². The van der Waals surface area contributed by atoms with Crippen LogP contribution in [0.2, 0.25) is 0 Å². The molecule has 5 heteroatoms. The first-order valence-corrected chi connectivity index (χ1v) is 9.51. The minimum absolute atomic E-state index is 0.586. The lowest BCUT2D eigenvalue weighted by molar-refractivity contribution is 0.160. The van der Waals surface area contributed by atoms with Crippen LogP contribution >= 0.6 is 0 Å². The largest absolute Gasteiger partial charge is 0.357 e. The van der Waals surface area contributed by atoms with Gasteiger partial charge in [-0.2, -0.15) is 0 Å². The molecule has 1 heterocycles. The fourth-order valence-electron chi connectivity index (χ4n) is 2.91. The van der Waals surface area contributed by atoms with Gasteiger partial charge in [-0.25, -0.2) is 0 Å². The highest BCUT2D eigenvalue weighted by Crippen LogP contribution is 2.16. The van der Waals surface area contributed by atoms with Gasteiger partial charge in [-0.1, -0.05) is 6.42 Å². The maximum absolute atomic E-state index is 4.71. The first-order chi connectivity index (χ1) is 11.0. The van der Waals surface area contributed by atoms with Crippen molar-refractivity contribution in [3.63, 3.8) is 0 Å². The number of aliphatic imine (C=N–C) groups is 1. The van der Waals surface area contributed by atoms with Gasteiger partial charge in [0.2, 0.25) is 0 Å². The van der Waals surface area contributed by atoms with E-state index in [1.165, 1.54) is 32.4 Å². The summed E-state index contributed by atoms with van der Waals surface area (Å²) >= 11 is 0. The highest BCUT2D eigenvalue weighted by molar-refractivity contribution is 5.79. The Hall–Kier alpha value is -0.810. The van der Waals surface area contributed by atoms with E-state index >= 15 is 0 Å². The number of piperidine rings is 1. The van der Waals surface area contributed by atoms with Gasteiger partial charge in [0.15, 0.2) is 5.96 Å². The van der Waals surface area contributed by atoms with Crippen LogP contribution in [0.25, 0.3) is 0 Å². The lowest BCUT2D eigenvalue weighted by Crippen LogP contribution is -2.42. The van der Waals surface area contributed by atoms with Crippen molar-refractivity contribution in [2.24, 2.45) is 4.99 Å². The van der Waals surface area contributed by atoms with E-state index in [2.05, 4.69) is 55.2 Å². The number of likely N-dealkylation sites (N-methyl/N-ethyl adjacent to an activating group) is 1. The predicted molar refractivity (Wildman–Crippen MR) is 101 cm³/mol. The zero-order chi connectivity index (χ0) is 17.1. The van der Waals surface area contributed by atoms with Gasteiger partial charge in [0, 0.05) is 44.8 Å². The number of nitrogens with one attached hydrogen (secondary N) is 2. The minimum atomic E-state index is 0.586. The van der Waals surface area contributed by atoms with E-state index in [1.54, 1.807) is 0 Å². The summed E-state index contributed by atoms with van der Waals surface area (Å²) in [5.41, 5.74) is 0. The molecule has 23 heavy (non-hydrogen) atoms. The summed E-state index contributed by atoms with van der Waals surface area (Å²) in [6, 6.07) is 1.34.